The molecule has 0 bridgehead atoms. The molecule has 2 aromatic heterocycles. The summed E-state index contributed by atoms with van der Waals surface area (Å²) in [4.78, 5) is 11.9. The number of hydrogen-bond acceptors (Lipinski definition) is 3. The van der Waals surface area contributed by atoms with Crippen LogP contribution >= 0.6 is 11.6 Å². The molecule has 1 atom stereocenters. The molecule has 19 heavy (non-hydrogen) atoms. The van der Waals surface area contributed by atoms with E-state index in [0.717, 1.165) is 11.5 Å². The standard InChI is InChI=1S/C13H16ClN3O2/c1-9(7-17-8-11(14)5-16-17)13(18)15-6-12-4-3-10(2)19-12/h3-5,8-9H,6-7H2,1-2H3,(H,15,18)/t9-/m0/s1. The minimum Gasteiger partial charge on any atom is -0.465 e. The molecule has 0 aliphatic carbocycles. The van der Waals surface area contributed by atoms with Crippen molar-refractivity contribution < 1.29 is 9.21 Å². The number of furan rings is 1. The second-order valence-electron chi connectivity index (χ2n) is 4.51. The zero-order valence-electron chi connectivity index (χ0n) is 10.9. The van der Waals surface area contributed by atoms with Crippen LogP contribution in [0.1, 0.15) is 18.4 Å². The van der Waals surface area contributed by atoms with E-state index in [-0.39, 0.29) is 11.8 Å². The third-order valence-corrected chi connectivity index (χ3v) is 2.94. The van der Waals surface area contributed by atoms with Gasteiger partial charge in [0.1, 0.15) is 11.5 Å². The van der Waals surface area contributed by atoms with Crippen molar-refractivity contribution in [3.8, 4) is 0 Å². The van der Waals surface area contributed by atoms with Gasteiger partial charge in [-0.05, 0) is 19.1 Å². The highest BCUT2D eigenvalue weighted by Gasteiger charge is 2.14. The van der Waals surface area contributed by atoms with Crippen LogP contribution in [-0.4, -0.2) is 15.7 Å². The maximum atomic E-state index is 11.9. The maximum Gasteiger partial charge on any atom is 0.225 e. The number of nitrogens with one attached hydrogen (secondary N) is 1. The molecular formula is C13H16ClN3O2. The lowest BCUT2D eigenvalue weighted by Gasteiger charge is -2.11. The summed E-state index contributed by atoms with van der Waals surface area (Å²) in [6.07, 6.45) is 3.25. The summed E-state index contributed by atoms with van der Waals surface area (Å²) in [5.41, 5.74) is 0. The normalized spacial score (nSPS) is 12.4. The number of nitrogens with zero attached hydrogens (tertiary/aromatic N) is 2. The smallest absolute Gasteiger partial charge is 0.225 e. The lowest BCUT2D eigenvalue weighted by atomic mass is 10.1. The van der Waals surface area contributed by atoms with E-state index in [1.165, 1.54) is 0 Å². The zero-order valence-corrected chi connectivity index (χ0v) is 11.6. The van der Waals surface area contributed by atoms with Crippen molar-refractivity contribution in [2.24, 2.45) is 5.92 Å². The Balaban J connectivity index is 1.82. The molecule has 0 spiro atoms. The van der Waals surface area contributed by atoms with E-state index in [4.69, 9.17) is 16.0 Å². The first-order valence-corrected chi connectivity index (χ1v) is 6.43. The van der Waals surface area contributed by atoms with Gasteiger partial charge in [-0.1, -0.05) is 18.5 Å². The molecule has 2 heterocycles. The summed E-state index contributed by atoms with van der Waals surface area (Å²) in [5, 5.41) is 7.45. The molecule has 0 aliphatic heterocycles. The number of hydrogen-bond donors (Lipinski definition) is 1. The molecule has 0 saturated heterocycles. The predicted molar refractivity (Wildman–Crippen MR) is 71.7 cm³/mol. The Hall–Kier alpha value is -1.75. The minimum atomic E-state index is -0.188. The summed E-state index contributed by atoms with van der Waals surface area (Å²) >= 11 is 5.77. The second-order valence-corrected chi connectivity index (χ2v) is 4.95. The van der Waals surface area contributed by atoms with E-state index >= 15 is 0 Å². The van der Waals surface area contributed by atoms with E-state index in [2.05, 4.69) is 10.4 Å². The zero-order chi connectivity index (χ0) is 13.8. The molecular weight excluding hydrogens is 266 g/mol. The van der Waals surface area contributed by atoms with Crippen molar-refractivity contribution in [2.45, 2.75) is 26.9 Å². The van der Waals surface area contributed by atoms with Crippen molar-refractivity contribution in [1.82, 2.24) is 15.1 Å². The number of rotatable bonds is 5. The van der Waals surface area contributed by atoms with Gasteiger partial charge in [0.2, 0.25) is 5.91 Å². The van der Waals surface area contributed by atoms with Crippen LogP contribution in [0.3, 0.4) is 0 Å². The molecule has 2 rings (SSSR count). The fraction of sp³-hybridized carbons (Fsp3) is 0.385. The average molecular weight is 282 g/mol. The van der Waals surface area contributed by atoms with Gasteiger partial charge in [-0.2, -0.15) is 5.10 Å². The second kappa shape index (κ2) is 5.93. The van der Waals surface area contributed by atoms with Crippen LogP contribution in [0, 0.1) is 12.8 Å². The van der Waals surface area contributed by atoms with Gasteiger partial charge >= 0.3 is 0 Å². The van der Waals surface area contributed by atoms with Crippen molar-refractivity contribution in [3.05, 3.63) is 41.1 Å². The number of halogens is 1. The number of carbonyl (C=O) groups is 1. The Bertz CT molecular complexity index is 562. The fourth-order valence-electron chi connectivity index (χ4n) is 1.73. The van der Waals surface area contributed by atoms with E-state index in [0.29, 0.717) is 18.1 Å². The summed E-state index contributed by atoms with van der Waals surface area (Å²) < 4.78 is 7.04. The van der Waals surface area contributed by atoms with Crippen LogP contribution in [-0.2, 0) is 17.9 Å². The number of carbonyl (C=O) groups excluding carboxylic acids is 1. The molecule has 0 aliphatic rings. The highest BCUT2D eigenvalue weighted by molar-refractivity contribution is 6.30. The van der Waals surface area contributed by atoms with E-state index < -0.39 is 0 Å². The van der Waals surface area contributed by atoms with Crippen LogP contribution < -0.4 is 5.32 Å². The molecule has 6 heteroatoms. The minimum absolute atomic E-state index is 0.0410. The first-order chi connectivity index (χ1) is 9.04. The van der Waals surface area contributed by atoms with Crippen molar-refractivity contribution in [1.29, 1.82) is 0 Å². The van der Waals surface area contributed by atoms with Gasteiger partial charge < -0.3 is 9.73 Å². The van der Waals surface area contributed by atoms with Gasteiger partial charge in [-0.15, -0.1) is 0 Å². The van der Waals surface area contributed by atoms with Crippen LogP contribution in [0.25, 0.3) is 0 Å². The third kappa shape index (κ3) is 3.86. The molecule has 1 amide bonds. The summed E-state index contributed by atoms with van der Waals surface area (Å²) in [6.45, 7) is 4.61. The Kier molecular flexibility index (Phi) is 4.27. The highest BCUT2D eigenvalue weighted by atomic mass is 35.5. The highest BCUT2D eigenvalue weighted by Crippen LogP contribution is 2.09. The Morgan fingerprint density at radius 3 is 2.95 bits per heavy atom. The number of amides is 1. The molecule has 0 saturated carbocycles. The molecule has 0 unspecified atom stereocenters. The largest absolute Gasteiger partial charge is 0.465 e. The van der Waals surface area contributed by atoms with Crippen LogP contribution in [0.15, 0.2) is 28.9 Å². The molecule has 0 fully saturated rings. The Morgan fingerprint density at radius 1 is 1.58 bits per heavy atom. The van der Waals surface area contributed by atoms with Gasteiger partial charge in [0, 0.05) is 6.20 Å². The summed E-state index contributed by atoms with van der Waals surface area (Å²) in [7, 11) is 0. The average Bonchev–Trinajstić information content (AvgIpc) is 2.95. The van der Waals surface area contributed by atoms with Gasteiger partial charge in [-0.25, -0.2) is 0 Å². The lowest BCUT2D eigenvalue weighted by molar-refractivity contribution is -0.125. The van der Waals surface area contributed by atoms with Gasteiger partial charge in [0.25, 0.3) is 0 Å². The Labute approximate surface area is 116 Å². The molecule has 1 N–H and O–H groups in total. The van der Waals surface area contributed by atoms with Crippen molar-refractivity contribution in [3.63, 3.8) is 0 Å². The fourth-order valence-corrected chi connectivity index (χ4v) is 1.89. The first-order valence-electron chi connectivity index (χ1n) is 6.05. The van der Waals surface area contributed by atoms with E-state index in [1.54, 1.807) is 17.1 Å². The van der Waals surface area contributed by atoms with Gasteiger partial charge in [0.05, 0.1) is 30.2 Å². The quantitative estimate of drug-likeness (QED) is 0.915. The van der Waals surface area contributed by atoms with Crippen molar-refractivity contribution >= 4 is 17.5 Å². The first kappa shape index (κ1) is 13.7. The van der Waals surface area contributed by atoms with Crippen molar-refractivity contribution in [2.75, 3.05) is 0 Å². The summed E-state index contributed by atoms with van der Waals surface area (Å²) in [5.74, 6) is 1.36. The topological polar surface area (TPSA) is 60.1 Å². The van der Waals surface area contributed by atoms with Crippen LogP contribution in [0.5, 0.6) is 0 Å². The molecule has 102 valence electrons. The monoisotopic (exact) mass is 281 g/mol. The molecule has 0 radical (unpaired) electrons. The van der Waals surface area contributed by atoms with E-state index in [9.17, 15) is 4.79 Å². The molecule has 2 aromatic rings. The SMILES string of the molecule is Cc1ccc(CNC(=O)[C@@H](C)Cn2cc(Cl)cn2)o1. The van der Waals surface area contributed by atoms with E-state index in [1.807, 2.05) is 26.0 Å². The van der Waals surface area contributed by atoms with Crippen LogP contribution in [0.2, 0.25) is 5.02 Å². The van der Waals surface area contributed by atoms with Gasteiger partial charge in [0.15, 0.2) is 0 Å². The number of aromatic nitrogens is 2. The van der Waals surface area contributed by atoms with Crippen LogP contribution in [0.4, 0.5) is 0 Å². The maximum absolute atomic E-state index is 11.9. The molecule has 5 nitrogen and oxygen atoms in total. The number of aryl methyl sites for hydroxylation is 1. The lowest BCUT2D eigenvalue weighted by Crippen LogP contribution is -2.31. The Morgan fingerprint density at radius 2 is 2.37 bits per heavy atom. The molecule has 0 aromatic carbocycles. The third-order valence-electron chi connectivity index (χ3n) is 2.74. The van der Waals surface area contributed by atoms with Gasteiger partial charge in [-0.3, -0.25) is 9.48 Å². The summed E-state index contributed by atoms with van der Waals surface area (Å²) in [6, 6.07) is 3.73. The predicted octanol–water partition coefficient (Wildman–Crippen LogP) is 2.39.